The first-order valence-electron chi connectivity index (χ1n) is 12.5. The molecule has 0 radical (unpaired) electrons. The first kappa shape index (κ1) is 26.7. The zero-order valence-electron chi connectivity index (χ0n) is 20.6. The standard InChI is InChI=1S/C23H48N8O/c1-5-16(4)14-19(26)28-22-21(27-10-13-32-7-3)20(18(25)6-2)29-23(30-22)31-11-8-17(15-24)9-12-31/h14,16-18,20-22,27-28H,5-13,15,24-26H2,1-4H3,(H,29,30)/b19-14+/t16?,18?,20-,21?,22?/m0/s1. The molecule has 186 valence electrons. The molecule has 5 atom stereocenters. The van der Waals surface area contributed by atoms with Crippen LogP contribution in [0.3, 0.4) is 0 Å². The number of hydrogen-bond acceptors (Lipinski definition) is 9. The van der Waals surface area contributed by atoms with Crippen molar-refractivity contribution in [1.29, 1.82) is 0 Å². The van der Waals surface area contributed by atoms with Crippen LogP contribution >= 0.6 is 0 Å². The minimum atomic E-state index is -0.219. The molecular formula is C23H48N8O. The maximum absolute atomic E-state index is 6.60. The second-order valence-electron chi connectivity index (χ2n) is 9.13. The number of aliphatic imine (C=N–C) groups is 1. The van der Waals surface area contributed by atoms with E-state index < -0.39 is 0 Å². The number of piperidine rings is 1. The Morgan fingerprint density at radius 3 is 2.59 bits per heavy atom. The summed E-state index contributed by atoms with van der Waals surface area (Å²) >= 11 is 0. The summed E-state index contributed by atoms with van der Waals surface area (Å²) in [7, 11) is 0. The fourth-order valence-electron chi connectivity index (χ4n) is 4.31. The molecule has 2 aliphatic rings. The molecule has 0 aromatic heterocycles. The number of likely N-dealkylation sites (tertiary alicyclic amines) is 1. The molecule has 4 unspecified atom stereocenters. The van der Waals surface area contributed by atoms with Gasteiger partial charge in [-0.3, -0.25) is 0 Å². The van der Waals surface area contributed by atoms with Gasteiger partial charge in [0.05, 0.1) is 24.5 Å². The molecule has 2 aliphatic heterocycles. The molecule has 1 saturated heterocycles. The van der Waals surface area contributed by atoms with E-state index in [0.717, 1.165) is 57.8 Å². The lowest BCUT2D eigenvalue weighted by atomic mass is 9.94. The third-order valence-electron chi connectivity index (χ3n) is 6.72. The second kappa shape index (κ2) is 13.9. The Morgan fingerprint density at radius 1 is 1.28 bits per heavy atom. The van der Waals surface area contributed by atoms with Crippen LogP contribution in [0.4, 0.5) is 0 Å². The number of ether oxygens (including phenoxy) is 1. The molecule has 9 heteroatoms. The third kappa shape index (κ3) is 7.79. The molecule has 2 heterocycles. The molecule has 0 spiro atoms. The minimum Gasteiger partial charge on any atom is -0.386 e. The summed E-state index contributed by atoms with van der Waals surface area (Å²) in [5.74, 6) is 2.57. The molecule has 9 nitrogen and oxygen atoms in total. The van der Waals surface area contributed by atoms with Gasteiger partial charge in [-0.1, -0.05) is 20.8 Å². The van der Waals surface area contributed by atoms with Gasteiger partial charge in [0.2, 0.25) is 0 Å². The number of hydrogen-bond donors (Lipinski definition) is 6. The quantitative estimate of drug-likeness (QED) is 0.235. The van der Waals surface area contributed by atoms with Crippen LogP contribution in [0, 0.1) is 11.8 Å². The molecule has 0 amide bonds. The van der Waals surface area contributed by atoms with Crippen LogP contribution < -0.4 is 33.2 Å². The highest BCUT2D eigenvalue weighted by atomic mass is 16.5. The first-order valence-corrected chi connectivity index (χ1v) is 12.5. The number of rotatable bonds is 12. The van der Waals surface area contributed by atoms with Crippen LogP contribution in [0.25, 0.3) is 0 Å². The van der Waals surface area contributed by atoms with E-state index in [9.17, 15) is 0 Å². The summed E-state index contributed by atoms with van der Waals surface area (Å²) in [6.07, 6.45) is 5.95. The van der Waals surface area contributed by atoms with Crippen LogP contribution in [-0.4, -0.2) is 74.5 Å². The lowest BCUT2D eigenvalue weighted by Gasteiger charge is -2.44. The van der Waals surface area contributed by atoms with E-state index >= 15 is 0 Å². The fourth-order valence-corrected chi connectivity index (χ4v) is 4.31. The van der Waals surface area contributed by atoms with E-state index in [4.69, 9.17) is 26.9 Å². The Bertz CT molecular complexity index is 591. The molecule has 32 heavy (non-hydrogen) atoms. The van der Waals surface area contributed by atoms with Crippen molar-refractivity contribution in [3.63, 3.8) is 0 Å². The Morgan fingerprint density at radius 2 is 2.00 bits per heavy atom. The van der Waals surface area contributed by atoms with Gasteiger partial charge in [0, 0.05) is 32.3 Å². The van der Waals surface area contributed by atoms with Gasteiger partial charge in [-0.05, 0) is 57.1 Å². The normalized spacial score (nSPS) is 26.9. The highest BCUT2D eigenvalue weighted by Gasteiger charge is 2.39. The van der Waals surface area contributed by atoms with Crippen molar-refractivity contribution in [3.8, 4) is 0 Å². The van der Waals surface area contributed by atoms with E-state index in [0.29, 0.717) is 30.9 Å². The average Bonchev–Trinajstić information content (AvgIpc) is 2.81. The predicted octanol–water partition coefficient (Wildman–Crippen LogP) is 0.479. The predicted molar refractivity (Wildman–Crippen MR) is 133 cm³/mol. The Labute approximate surface area is 195 Å². The van der Waals surface area contributed by atoms with Gasteiger partial charge in [-0.15, -0.1) is 0 Å². The molecule has 1 fully saturated rings. The number of nitrogens with zero attached hydrogens (tertiary/aromatic N) is 2. The van der Waals surface area contributed by atoms with Gasteiger partial charge >= 0.3 is 0 Å². The topological polar surface area (TPSA) is 139 Å². The van der Waals surface area contributed by atoms with Crippen LogP contribution in [0.2, 0.25) is 0 Å². The summed E-state index contributed by atoms with van der Waals surface area (Å²) in [6.45, 7) is 13.2. The molecule has 0 aliphatic carbocycles. The molecule has 0 bridgehead atoms. The Hall–Kier alpha value is -1.55. The van der Waals surface area contributed by atoms with Crippen molar-refractivity contribution in [1.82, 2.24) is 20.9 Å². The smallest absolute Gasteiger partial charge is 0.196 e. The first-order chi connectivity index (χ1) is 15.4. The molecule has 0 saturated carbocycles. The molecule has 2 rings (SSSR count). The van der Waals surface area contributed by atoms with E-state index in [1.54, 1.807) is 0 Å². The van der Waals surface area contributed by atoms with Crippen molar-refractivity contribution < 1.29 is 4.74 Å². The number of guanidine groups is 1. The van der Waals surface area contributed by atoms with Crippen LogP contribution in [-0.2, 0) is 4.74 Å². The second-order valence-corrected chi connectivity index (χ2v) is 9.13. The highest BCUT2D eigenvalue weighted by molar-refractivity contribution is 5.81. The van der Waals surface area contributed by atoms with Gasteiger partial charge in [0.1, 0.15) is 6.17 Å². The molecule has 0 aromatic carbocycles. The van der Waals surface area contributed by atoms with E-state index in [1.807, 2.05) is 6.92 Å². The van der Waals surface area contributed by atoms with Crippen molar-refractivity contribution in [2.45, 2.75) is 77.7 Å². The van der Waals surface area contributed by atoms with Gasteiger partial charge in [-0.25, -0.2) is 4.99 Å². The average molecular weight is 453 g/mol. The number of allylic oxidation sites excluding steroid dienone is 1. The van der Waals surface area contributed by atoms with Crippen molar-refractivity contribution in [3.05, 3.63) is 11.9 Å². The summed E-state index contributed by atoms with van der Waals surface area (Å²) in [5, 5.41) is 10.8. The Kier molecular flexibility index (Phi) is 11.6. The van der Waals surface area contributed by atoms with Crippen LogP contribution in [0.15, 0.2) is 16.9 Å². The van der Waals surface area contributed by atoms with E-state index in [1.165, 1.54) is 0 Å². The van der Waals surface area contributed by atoms with Gasteiger partial charge in [0.15, 0.2) is 5.96 Å². The van der Waals surface area contributed by atoms with Gasteiger partial charge < -0.3 is 42.8 Å². The largest absolute Gasteiger partial charge is 0.386 e. The maximum atomic E-state index is 6.60. The highest BCUT2D eigenvalue weighted by Crippen LogP contribution is 2.20. The number of nitrogens with one attached hydrogen (secondary N) is 3. The Balaban J connectivity index is 2.26. The van der Waals surface area contributed by atoms with Crippen LogP contribution in [0.1, 0.15) is 53.4 Å². The minimum absolute atomic E-state index is 0.0142. The van der Waals surface area contributed by atoms with E-state index in [-0.39, 0.29) is 24.3 Å². The summed E-state index contributed by atoms with van der Waals surface area (Å²) in [5.41, 5.74) is 18.9. The fraction of sp³-hybridized carbons (Fsp3) is 0.870. The summed E-state index contributed by atoms with van der Waals surface area (Å²) in [4.78, 5) is 7.42. The lowest BCUT2D eigenvalue weighted by molar-refractivity contribution is 0.140. The zero-order valence-corrected chi connectivity index (χ0v) is 20.6. The molecule has 0 aromatic rings. The lowest BCUT2D eigenvalue weighted by Crippen LogP contribution is -2.70. The summed E-state index contributed by atoms with van der Waals surface area (Å²) < 4.78 is 5.54. The van der Waals surface area contributed by atoms with Crippen LogP contribution in [0.5, 0.6) is 0 Å². The van der Waals surface area contributed by atoms with Crippen molar-refractivity contribution in [2.75, 3.05) is 39.4 Å². The van der Waals surface area contributed by atoms with E-state index in [2.05, 4.69) is 47.7 Å². The van der Waals surface area contributed by atoms with Gasteiger partial charge in [-0.2, -0.15) is 0 Å². The van der Waals surface area contributed by atoms with Crippen molar-refractivity contribution >= 4 is 5.96 Å². The van der Waals surface area contributed by atoms with Crippen molar-refractivity contribution in [2.24, 2.45) is 34.0 Å². The molecular weight excluding hydrogens is 404 g/mol. The third-order valence-corrected chi connectivity index (χ3v) is 6.72. The molecule has 9 N–H and O–H groups in total. The maximum Gasteiger partial charge on any atom is 0.196 e. The summed E-state index contributed by atoms with van der Waals surface area (Å²) in [6, 6.07) is -0.00868. The zero-order chi connectivity index (χ0) is 23.5. The number of nitrogens with two attached hydrogens (primary N) is 3. The SMILES string of the molecule is CCOCCNC1C(N/C(N)=C/C(C)CC)N=C(N2CCC(CN)CC2)N[C@H]1C(N)CC. The van der Waals surface area contributed by atoms with Gasteiger partial charge in [0.25, 0.3) is 0 Å². The monoisotopic (exact) mass is 452 g/mol.